The average Bonchev–Trinajstić information content (AvgIpc) is 1.68. The van der Waals surface area contributed by atoms with Gasteiger partial charge in [0.2, 0.25) is 0 Å². The molecular formula is C3H7ClNOP. The summed E-state index contributed by atoms with van der Waals surface area (Å²) in [7, 11) is -1.44. The van der Waals surface area contributed by atoms with Crippen molar-refractivity contribution in [1.82, 2.24) is 0 Å². The van der Waals surface area contributed by atoms with Gasteiger partial charge in [-0.3, -0.25) is 0 Å². The van der Waals surface area contributed by atoms with Gasteiger partial charge in [-0.2, -0.15) is 0 Å². The molecule has 1 atom stereocenters. The summed E-state index contributed by atoms with van der Waals surface area (Å²) in [5, 5.41) is 0. The van der Waals surface area contributed by atoms with E-state index in [-0.39, 0.29) is 5.62 Å². The van der Waals surface area contributed by atoms with E-state index < -0.39 is 7.94 Å². The Kier molecular flexibility index (Phi) is 4.73. The van der Waals surface area contributed by atoms with Crippen molar-refractivity contribution in [2.45, 2.75) is 6.92 Å². The summed E-state index contributed by atoms with van der Waals surface area (Å²) in [4.78, 5) is 10.3. The van der Waals surface area contributed by atoms with Crippen LogP contribution in [0.3, 0.4) is 0 Å². The van der Waals surface area contributed by atoms with Gasteiger partial charge in [0.05, 0.1) is 6.54 Å². The Bertz CT molecular complexity index is 75.3. The minimum absolute atomic E-state index is 0.156. The molecule has 0 aliphatic carbocycles. The molecule has 0 heterocycles. The fraction of sp³-hybridized carbons (Fsp3) is 1.00. The van der Waals surface area contributed by atoms with Gasteiger partial charge in [-0.15, -0.1) is 4.74 Å². The van der Waals surface area contributed by atoms with Crippen LogP contribution in [0.1, 0.15) is 6.92 Å². The van der Waals surface area contributed by atoms with E-state index in [0.29, 0.717) is 6.54 Å². The minimum Gasteiger partial charge on any atom is -0.611 e. The third-order valence-electron chi connectivity index (χ3n) is 0.401. The van der Waals surface area contributed by atoms with Crippen molar-refractivity contribution >= 4 is 19.5 Å². The lowest BCUT2D eigenvalue weighted by atomic mass is 10.8. The Balaban J connectivity index is 3.29. The summed E-state index contributed by atoms with van der Waals surface area (Å²) in [5.41, 5.74) is 0.156. The zero-order valence-corrected chi connectivity index (χ0v) is 5.75. The molecule has 0 aromatic carbocycles. The molecule has 1 unspecified atom stereocenters. The van der Waals surface area contributed by atoms with Gasteiger partial charge in [-0.1, -0.05) is 11.6 Å². The summed E-state index contributed by atoms with van der Waals surface area (Å²) in [5.74, 6) is 0. The smallest absolute Gasteiger partial charge is 0.196 e. The summed E-state index contributed by atoms with van der Waals surface area (Å²) in [6.07, 6.45) is 0. The lowest BCUT2D eigenvalue weighted by molar-refractivity contribution is -0.154. The van der Waals surface area contributed by atoms with Crippen molar-refractivity contribution in [2.75, 3.05) is 12.2 Å². The summed E-state index contributed by atoms with van der Waals surface area (Å²) < 4.78 is 3.62. The topological polar surface area (TPSA) is 35.4 Å². The van der Waals surface area contributed by atoms with Crippen LogP contribution < -0.4 is 4.89 Å². The highest BCUT2D eigenvalue weighted by Gasteiger charge is 1.87. The molecular weight excluding hydrogens is 132 g/mol. The molecule has 7 heavy (non-hydrogen) atoms. The maximum atomic E-state index is 10.3. The minimum atomic E-state index is -1.44. The molecule has 4 heteroatoms. The largest absolute Gasteiger partial charge is 0.611 e. The molecule has 0 amide bonds. The fourth-order valence-corrected chi connectivity index (χ4v) is 0.813. The van der Waals surface area contributed by atoms with Crippen molar-refractivity contribution in [3.8, 4) is 0 Å². The summed E-state index contributed by atoms with van der Waals surface area (Å²) in [6, 6.07) is 0. The first kappa shape index (κ1) is 7.35. The number of alkyl halides is 1. The van der Waals surface area contributed by atoms with Crippen LogP contribution in [-0.2, 0) is 0 Å². The van der Waals surface area contributed by atoms with Gasteiger partial charge in [-0.05, 0) is 6.92 Å². The molecule has 42 valence electrons. The summed E-state index contributed by atoms with van der Waals surface area (Å²) >= 11 is 5.15. The molecule has 2 nitrogen and oxygen atoms in total. The van der Waals surface area contributed by atoms with Gasteiger partial charge in [0, 0.05) is 0 Å². The molecule has 0 bridgehead atoms. The lowest BCUT2D eigenvalue weighted by Gasteiger charge is -1.83. The van der Waals surface area contributed by atoms with Crippen molar-refractivity contribution in [3.63, 3.8) is 0 Å². The number of rotatable bonds is 2. The molecule has 0 spiro atoms. The van der Waals surface area contributed by atoms with Crippen molar-refractivity contribution in [3.05, 3.63) is 0 Å². The number of hydrogen-bond donors (Lipinski definition) is 0. The van der Waals surface area contributed by atoms with Crippen LogP contribution in [0, 0.1) is 0 Å². The van der Waals surface area contributed by atoms with Crippen LogP contribution in [0.4, 0.5) is 0 Å². The van der Waals surface area contributed by atoms with E-state index in [2.05, 4.69) is 4.74 Å². The third kappa shape index (κ3) is 4.20. The highest BCUT2D eigenvalue weighted by molar-refractivity contribution is 7.41. The van der Waals surface area contributed by atoms with Crippen LogP contribution >= 0.6 is 19.5 Å². The van der Waals surface area contributed by atoms with Crippen LogP contribution in [0.5, 0.6) is 0 Å². The van der Waals surface area contributed by atoms with E-state index in [4.69, 9.17) is 11.6 Å². The second kappa shape index (κ2) is 4.51. The number of hydrogen-bond acceptors (Lipinski definition) is 2. The molecule has 0 saturated carbocycles. The number of nitrogens with zero attached hydrogens (tertiary/aromatic N) is 1. The molecule has 0 N–H and O–H groups in total. The lowest BCUT2D eigenvalue weighted by Crippen LogP contribution is -1.86. The predicted octanol–water partition coefficient (Wildman–Crippen LogP) is 1.14. The zero-order valence-electron chi connectivity index (χ0n) is 4.09. The van der Waals surface area contributed by atoms with E-state index in [1.165, 1.54) is 0 Å². The highest BCUT2D eigenvalue weighted by atomic mass is 35.5. The molecule has 0 fully saturated rings. The quantitative estimate of drug-likeness (QED) is 0.418. The molecule has 0 aliphatic heterocycles. The van der Waals surface area contributed by atoms with Crippen LogP contribution in [0.2, 0.25) is 0 Å². The SMILES string of the molecule is CCN=[P+]([O-])CCl. The molecule has 0 saturated heterocycles. The summed E-state index contributed by atoms with van der Waals surface area (Å²) in [6.45, 7) is 2.43. The second-order valence-corrected chi connectivity index (χ2v) is 2.87. The van der Waals surface area contributed by atoms with E-state index in [0.717, 1.165) is 0 Å². The maximum Gasteiger partial charge on any atom is 0.196 e. The van der Waals surface area contributed by atoms with Gasteiger partial charge in [0.15, 0.2) is 13.6 Å². The average molecular weight is 140 g/mol. The predicted molar refractivity (Wildman–Crippen MR) is 30.6 cm³/mol. The Morgan fingerprint density at radius 2 is 2.43 bits per heavy atom. The third-order valence-corrected chi connectivity index (χ3v) is 1.82. The highest BCUT2D eigenvalue weighted by Crippen LogP contribution is 2.13. The zero-order chi connectivity index (χ0) is 5.70. The van der Waals surface area contributed by atoms with E-state index >= 15 is 0 Å². The van der Waals surface area contributed by atoms with Crippen molar-refractivity contribution in [1.29, 1.82) is 0 Å². The van der Waals surface area contributed by atoms with E-state index in [1.807, 2.05) is 6.92 Å². The Hall–Kier alpha value is 0.350. The Labute approximate surface area is 49.1 Å². The van der Waals surface area contributed by atoms with Gasteiger partial charge >= 0.3 is 0 Å². The van der Waals surface area contributed by atoms with Crippen molar-refractivity contribution < 1.29 is 4.89 Å². The van der Waals surface area contributed by atoms with Gasteiger partial charge in [0.25, 0.3) is 0 Å². The second-order valence-electron chi connectivity index (χ2n) is 0.929. The first-order chi connectivity index (χ1) is 3.31. The van der Waals surface area contributed by atoms with Crippen LogP contribution in [0.25, 0.3) is 0 Å². The van der Waals surface area contributed by atoms with E-state index in [9.17, 15) is 4.89 Å². The normalized spacial score (nSPS) is 12.1. The molecule has 0 rings (SSSR count). The molecule has 0 radical (unpaired) electrons. The van der Waals surface area contributed by atoms with Gasteiger partial charge in [0.1, 0.15) is 0 Å². The first-order valence-electron chi connectivity index (χ1n) is 1.99. The molecule has 0 aromatic rings. The Morgan fingerprint density at radius 1 is 1.86 bits per heavy atom. The van der Waals surface area contributed by atoms with Crippen LogP contribution in [-0.4, -0.2) is 12.2 Å². The Morgan fingerprint density at radius 3 is 2.57 bits per heavy atom. The fourth-order valence-electron chi connectivity index (χ4n) is 0.196. The van der Waals surface area contributed by atoms with Gasteiger partial charge < -0.3 is 4.89 Å². The van der Waals surface area contributed by atoms with Crippen molar-refractivity contribution in [2.24, 2.45) is 4.74 Å². The first-order valence-corrected chi connectivity index (χ1v) is 3.92. The molecule has 0 aromatic heterocycles. The van der Waals surface area contributed by atoms with Crippen LogP contribution in [0.15, 0.2) is 4.74 Å². The number of halogens is 1. The maximum absolute atomic E-state index is 10.3. The van der Waals surface area contributed by atoms with Gasteiger partial charge in [-0.25, -0.2) is 0 Å². The monoisotopic (exact) mass is 139 g/mol. The standard InChI is InChI=1S/C3H7ClNOP/c1-2-5-7(6)3-4/h2-3H2,1H3. The molecule has 0 aliphatic rings. The van der Waals surface area contributed by atoms with E-state index in [1.54, 1.807) is 0 Å².